The number of carbonyl (C=O) groups excluding carboxylic acids is 2. The molecule has 6 heteroatoms. The average molecular weight is 333 g/mol. The summed E-state index contributed by atoms with van der Waals surface area (Å²) >= 11 is 0. The van der Waals surface area contributed by atoms with Gasteiger partial charge < -0.3 is 20.7 Å². The SMILES string of the molecule is COCC1(NC(=O)Nc2ccc(CC(=O)NC(C)C)cc2)CCC1. The van der Waals surface area contributed by atoms with Crippen molar-refractivity contribution >= 4 is 17.6 Å². The first-order valence-electron chi connectivity index (χ1n) is 8.39. The lowest BCUT2D eigenvalue weighted by Crippen LogP contribution is -2.57. The molecule has 132 valence electrons. The third-order valence-electron chi connectivity index (χ3n) is 4.14. The third-order valence-corrected chi connectivity index (χ3v) is 4.14. The van der Waals surface area contributed by atoms with Crippen molar-refractivity contribution in [3.63, 3.8) is 0 Å². The van der Waals surface area contributed by atoms with Crippen molar-refractivity contribution in [1.29, 1.82) is 0 Å². The van der Waals surface area contributed by atoms with Crippen molar-refractivity contribution in [2.24, 2.45) is 0 Å². The van der Waals surface area contributed by atoms with E-state index in [4.69, 9.17) is 4.74 Å². The summed E-state index contributed by atoms with van der Waals surface area (Å²) in [5.74, 6) is -0.00468. The van der Waals surface area contributed by atoms with E-state index >= 15 is 0 Å². The van der Waals surface area contributed by atoms with Crippen LogP contribution in [-0.2, 0) is 16.0 Å². The Bertz CT molecular complexity index is 565. The van der Waals surface area contributed by atoms with Gasteiger partial charge in [0.15, 0.2) is 0 Å². The number of nitrogens with one attached hydrogen (secondary N) is 3. The molecule has 3 N–H and O–H groups in total. The molecule has 1 aromatic rings. The van der Waals surface area contributed by atoms with Gasteiger partial charge in [0, 0.05) is 18.8 Å². The molecule has 0 heterocycles. The van der Waals surface area contributed by atoms with Crippen LogP contribution < -0.4 is 16.0 Å². The maximum atomic E-state index is 12.1. The van der Waals surface area contributed by atoms with Crippen molar-refractivity contribution < 1.29 is 14.3 Å². The summed E-state index contributed by atoms with van der Waals surface area (Å²) < 4.78 is 5.20. The van der Waals surface area contributed by atoms with Gasteiger partial charge in [0.2, 0.25) is 5.91 Å². The van der Waals surface area contributed by atoms with Crippen LogP contribution in [0, 0.1) is 0 Å². The van der Waals surface area contributed by atoms with Crippen LogP contribution in [0.2, 0.25) is 0 Å². The Morgan fingerprint density at radius 3 is 2.38 bits per heavy atom. The molecule has 0 spiro atoms. The molecular formula is C18H27N3O3. The molecule has 1 aromatic carbocycles. The molecule has 24 heavy (non-hydrogen) atoms. The Hall–Kier alpha value is -2.08. The van der Waals surface area contributed by atoms with Gasteiger partial charge in [-0.3, -0.25) is 4.79 Å². The molecule has 1 aliphatic carbocycles. The molecular weight excluding hydrogens is 306 g/mol. The molecule has 0 saturated heterocycles. The molecule has 0 radical (unpaired) electrons. The normalized spacial score (nSPS) is 15.5. The van der Waals surface area contributed by atoms with Crippen LogP contribution in [0.1, 0.15) is 38.7 Å². The minimum absolute atomic E-state index is 0.00468. The van der Waals surface area contributed by atoms with Crippen molar-refractivity contribution in [2.45, 2.75) is 51.1 Å². The van der Waals surface area contributed by atoms with E-state index in [1.807, 2.05) is 26.0 Å². The summed E-state index contributed by atoms with van der Waals surface area (Å²) in [6.07, 6.45) is 3.33. The maximum Gasteiger partial charge on any atom is 0.319 e. The van der Waals surface area contributed by atoms with Crippen LogP contribution in [0.4, 0.5) is 10.5 Å². The minimum Gasteiger partial charge on any atom is -0.382 e. The second-order valence-corrected chi connectivity index (χ2v) is 6.74. The zero-order valence-corrected chi connectivity index (χ0v) is 14.6. The quantitative estimate of drug-likeness (QED) is 0.717. The molecule has 2 rings (SSSR count). The van der Waals surface area contributed by atoms with Gasteiger partial charge in [-0.05, 0) is 50.8 Å². The first kappa shape index (κ1) is 18.3. The van der Waals surface area contributed by atoms with Gasteiger partial charge in [-0.25, -0.2) is 4.79 Å². The number of anilines is 1. The average Bonchev–Trinajstić information content (AvgIpc) is 2.46. The lowest BCUT2D eigenvalue weighted by Gasteiger charge is -2.41. The molecule has 3 amide bonds. The van der Waals surface area contributed by atoms with Crippen LogP contribution in [0.5, 0.6) is 0 Å². The number of ether oxygens (including phenoxy) is 1. The highest BCUT2D eigenvalue weighted by Gasteiger charge is 2.38. The Kier molecular flexibility index (Phi) is 6.20. The number of methoxy groups -OCH3 is 1. The molecule has 1 saturated carbocycles. The van der Waals surface area contributed by atoms with Crippen LogP contribution >= 0.6 is 0 Å². The molecule has 0 atom stereocenters. The first-order valence-corrected chi connectivity index (χ1v) is 8.39. The lowest BCUT2D eigenvalue weighted by molar-refractivity contribution is -0.120. The third kappa shape index (κ3) is 5.23. The van der Waals surface area contributed by atoms with E-state index in [9.17, 15) is 9.59 Å². The second kappa shape index (κ2) is 8.15. The topological polar surface area (TPSA) is 79.5 Å². The van der Waals surface area contributed by atoms with Crippen LogP contribution in [0.15, 0.2) is 24.3 Å². The summed E-state index contributed by atoms with van der Waals surface area (Å²) in [5.41, 5.74) is 1.38. The maximum absolute atomic E-state index is 12.1. The highest BCUT2D eigenvalue weighted by molar-refractivity contribution is 5.90. The van der Waals surface area contributed by atoms with Crippen molar-refractivity contribution in [2.75, 3.05) is 19.0 Å². The van der Waals surface area contributed by atoms with Gasteiger partial charge in [-0.2, -0.15) is 0 Å². The Labute approximate surface area is 143 Å². The largest absolute Gasteiger partial charge is 0.382 e. The summed E-state index contributed by atoms with van der Waals surface area (Å²) in [5, 5.41) is 8.70. The smallest absolute Gasteiger partial charge is 0.319 e. The number of urea groups is 1. The fourth-order valence-corrected chi connectivity index (χ4v) is 2.85. The summed E-state index contributed by atoms with van der Waals surface area (Å²) in [4.78, 5) is 23.9. The van der Waals surface area contributed by atoms with E-state index in [2.05, 4.69) is 16.0 Å². The molecule has 1 fully saturated rings. The van der Waals surface area contributed by atoms with Crippen molar-refractivity contribution in [3.8, 4) is 0 Å². The number of hydrogen-bond acceptors (Lipinski definition) is 3. The Morgan fingerprint density at radius 2 is 1.88 bits per heavy atom. The molecule has 1 aliphatic rings. The monoisotopic (exact) mass is 333 g/mol. The highest BCUT2D eigenvalue weighted by Crippen LogP contribution is 2.32. The molecule has 0 bridgehead atoms. The van der Waals surface area contributed by atoms with Crippen molar-refractivity contribution in [3.05, 3.63) is 29.8 Å². The number of amides is 3. The molecule has 0 aromatic heterocycles. The first-order chi connectivity index (χ1) is 11.4. The standard InChI is InChI=1S/C18H27N3O3/c1-13(2)19-16(22)11-14-5-7-15(8-6-14)20-17(23)21-18(12-24-3)9-4-10-18/h5-8,13H,4,9-12H2,1-3H3,(H,19,22)(H2,20,21,23). The van der Waals surface area contributed by atoms with Gasteiger partial charge in [-0.15, -0.1) is 0 Å². The fraction of sp³-hybridized carbons (Fsp3) is 0.556. The van der Waals surface area contributed by atoms with Crippen LogP contribution in [-0.4, -0.2) is 37.2 Å². The fourth-order valence-electron chi connectivity index (χ4n) is 2.85. The Balaban J connectivity index is 1.85. The second-order valence-electron chi connectivity index (χ2n) is 6.74. The zero-order chi connectivity index (χ0) is 17.6. The van der Waals surface area contributed by atoms with Gasteiger partial charge in [0.1, 0.15) is 0 Å². The highest BCUT2D eigenvalue weighted by atomic mass is 16.5. The van der Waals surface area contributed by atoms with Gasteiger partial charge in [0.25, 0.3) is 0 Å². The van der Waals surface area contributed by atoms with E-state index in [0.29, 0.717) is 18.7 Å². The Morgan fingerprint density at radius 1 is 1.21 bits per heavy atom. The number of hydrogen-bond donors (Lipinski definition) is 3. The minimum atomic E-state index is -0.228. The number of rotatable bonds is 7. The van der Waals surface area contributed by atoms with E-state index < -0.39 is 0 Å². The number of carbonyl (C=O) groups is 2. The van der Waals surface area contributed by atoms with Gasteiger partial charge in [-0.1, -0.05) is 12.1 Å². The van der Waals surface area contributed by atoms with Gasteiger partial charge in [0.05, 0.1) is 18.6 Å². The predicted molar refractivity (Wildman–Crippen MR) is 94.0 cm³/mol. The van der Waals surface area contributed by atoms with E-state index in [-0.39, 0.29) is 23.5 Å². The van der Waals surface area contributed by atoms with Crippen LogP contribution in [0.25, 0.3) is 0 Å². The van der Waals surface area contributed by atoms with E-state index in [1.54, 1.807) is 19.2 Å². The zero-order valence-electron chi connectivity index (χ0n) is 14.6. The van der Waals surface area contributed by atoms with Crippen molar-refractivity contribution in [1.82, 2.24) is 10.6 Å². The number of benzene rings is 1. The van der Waals surface area contributed by atoms with Crippen LogP contribution in [0.3, 0.4) is 0 Å². The van der Waals surface area contributed by atoms with E-state index in [1.165, 1.54) is 0 Å². The molecule has 0 unspecified atom stereocenters. The summed E-state index contributed by atoms with van der Waals surface area (Å²) in [6.45, 7) is 4.40. The summed E-state index contributed by atoms with van der Waals surface area (Å²) in [6, 6.07) is 7.22. The van der Waals surface area contributed by atoms with E-state index in [0.717, 1.165) is 24.8 Å². The lowest BCUT2D eigenvalue weighted by atomic mass is 9.77. The predicted octanol–water partition coefficient (Wildman–Crippen LogP) is 2.44. The molecule has 6 nitrogen and oxygen atoms in total. The molecule has 0 aliphatic heterocycles. The van der Waals surface area contributed by atoms with Gasteiger partial charge >= 0.3 is 6.03 Å². The summed E-state index contributed by atoms with van der Waals surface area (Å²) in [7, 11) is 1.65.